The van der Waals surface area contributed by atoms with Crippen molar-refractivity contribution in [3.05, 3.63) is 59.7 Å². The van der Waals surface area contributed by atoms with Crippen molar-refractivity contribution in [3.8, 4) is 5.75 Å². The van der Waals surface area contributed by atoms with Crippen molar-refractivity contribution < 1.29 is 9.90 Å². The minimum Gasteiger partial charge on any atom is -0.508 e. The van der Waals surface area contributed by atoms with Crippen molar-refractivity contribution in [2.45, 2.75) is 19.4 Å². The highest BCUT2D eigenvalue weighted by atomic mass is 16.3. The first-order valence-electron chi connectivity index (χ1n) is 6.91. The summed E-state index contributed by atoms with van der Waals surface area (Å²) in [5.74, 6) is 0.304. The maximum Gasteiger partial charge on any atom is 0.222 e. The number of carbonyl (C=O) groups is 1. The fraction of sp³-hybridized carbons (Fsp3) is 0.235. The summed E-state index contributed by atoms with van der Waals surface area (Å²) in [6.45, 7) is 0.531. The highest BCUT2D eigenvalue weighted by Crippen LogP contribution is 2.15. The maximum absolute atomic E-state index is 12.1. The SMILES string of the molecule is CN(Cc1ccc(O)cc1)C(=O)CCc1ccccc1N. The molecule has 0 bridgehead atoms. The Hall–Kier alpha value is -2.49. The van der Waals surface area contributed by atoms with Gasteiger partial charge in [-0.05, 0) is 35.7 Å². The summed E-state index contributed by atoms with van der Waals surface area (Å²) in [6.07, 6.45) is 1.08. The van der Waals surface area contributed by atoms with E-state index in [0.29, 0.717) is 19.4 Å². The molecule has 2 aromatic rings. The standard InChI is InChI=1S/C17H20N2O2/c1-19(12-13-6-9-15(20)10-7-13)17(21)11-8-14-4-2-3-5-16(14)18/h2-7,9-10,20H,8,11-12,18H2,1H3. The lowest BCUT2D eigenvalue weighted by Crippen LogP contribution is -2.26. The van der Waals surface area contributed by atoms with E-state index < -0.39 is 0 Å². The third kappa shape index (κ3) is 4.24. The Labute approximate surface area is 124 Å². The van der Waals surface area contributed by atoms with Gasteiger partial charge in [-0.25, -0.2) is 0 Å². The number of carbonyl (C=O) groups excluding carboxylic acids is 1. The van der Waals surface area contributed by atoms with Gasteiger partial charge >= 0.3 is 0 Å². The van der Waals surface area contributed by atoms with Crippen LogP contribution >= 0.6 is 0 Å². The van der Waals surface area contributed by atoms with Crippen LogP contribution in [0.4, 0.5) is 5.69 Å². The normalized spacial score (nSPS) is 10.3. The maximum atomic E-state index is 12.1. The zero-order valence-electron chi connectivity index (χ0n) is 12.1. The van der Waals surface area contributed by atoms with E-state index in [-0.39, 0.29) is 11.7 Å². The molecular formula is C17H20N2O2. The second kappa shape index (κ2) is 6.79. The lowest BCUT2D eigenvalue weighted by molar-refractivity contribution is -0.130. The number of phenolic OH excluding ortho intramolecular Hbond substituents is 1. The molecule has 0 aliphatic heterocycles. The predicted octanol–water partition coefficient (Wildman–Crippen LogP) is 2.57. The molecule has 0 saturated carbocycles. The van der Waals surface area contributed by atoms with Gasteiger partial charge in [0.15, 0.2) is 0 Å². The van der Waals surface area contributed by atoms with Crippen LogP contribution < -0.4 is 5.73 Å². The average molecular weight is 284 g/mol. The van der Waals surface area contributed by atoms with Crippen molar-refractivity contribution in [1.29, 1.82) is 0 Å². The Kier molecular flexibility index (Phi) is 4.82. The summed E-state index contributed by atoms with van der Waals surface area (Å²) in [5, 5.41) is 9.24. The molecule has 0 heterocycles. The lowest BCUT2D eigenvalue weighted by Gasteiger charge is -2.17. The highest BCUT2D eigenvalue weighted by Gasteiger charge is 2.10. The van der Waals surface area contributed by atoms with E-state index in [1.165, 1.54) is 0 Å². The van der Waals surface area contributed by atoms with Crippen molar-refractivity contribution >= 4 is 11.6 Å². The van der Waals surface area contributed by atoms with Gasteiger partial charge < -0.3 is 15.7 Å². The van der Waals surface area contributed by atoms with E-state index in [9.17, 15) is 9.90 Å². The summed E-state index contributed by atoms with van der Waals surface area (Å²) in [5.41, 5.74) is 8.59. The number of para-hydroxylation sites is 1. The molecule has 0 fully saturated rings. The predicted molar refractivity (Wildman–Crippen MR) is 83.8 cm³/mol. The van der Waals surface area contributed by atoms with E-state index in [0.717, 1.165) is 16.8 Å². The number of anilines is 1. The van der Waals surface area contributed by atoms with Crippen LogP contribution in [0.2, 0.25) is 0 Å². The number of aryl methyl sites for hydroxylation is 1. The summed E-state index contributed by atoms with van der Waals surface area (Å²) in [4.78, 5) is 13.8. The monoisotopic (exact) mass is 284 g/mol. The molecule has 110 valence electrons. The molecule has 1 amide bonds. The summed E-state index contributed by atoms with van der Waals surface area (Å²) in [7, 11) is 1.78. The molecule has 2 rings (SSSR count). The number of nitrogen functional groups attached to an aromatic ring is 1. The molecule has 4 nitrogen and oxygen atoms in total. The molecule has 0 spiro atoms. The molecule has 0 saturated heterocycles. The van der Waals surface area contributed by atoms with Crippen molar-refractivity contribution in [3.63, 3.8) is 0 Å². The summed E-state index contributed by atoms with van der Waals surface area (Å²) >= 11 is 0. The molecule has 0 aliphatic carbocycles. The van der Waals surface area contributed by atoms with Gasteiger partial charge in [-0.15, -0.1) is 0 Å². The Balaban J connectivity index is 1.88. The van der Waals surface area contributed by atoms with Crippen molar-refractivity contribution in [1.82, 2.24) is 4.90 Å². The van der Waals surface area contributed by atoms with Crippen LogP contribution in [-0.2, 0) is 17.8 Å². The number of hydrogen-bond donors (Lipinski definition) is 2. The molecule has 0 aromatic heterocycles. The fourth-order valence-corrected chi connectivity index (χ4v) is 2.16. The zero-order chi connectivity index (χ0) is 15.2. The Morgan fingerprint density at radius 1 is 1.14 bits per heavy atom. The van der Waals surface area contributed by atoms with Gasteiger partial charge in [0.1, 0.15) is 5.75 Å². The van der Waals surface area contributed by atoms with Gasteiger partial charge in [0, 0.05) is 25.7 Å². The molecular weight excluding hydrogens is 264 g/mol. The van der Waals surface area contributed by atoms with Gasteiger partial charge in [0.05, 0.1) is 0 Å². The molecule has 0 radical (unpaired) electrons. The number of aromatic hydroxyl groups is 1. The molecule has 0 atom stereocenters. The van der Waals surface area contributed by atoms with E-state index >= 15 is 0 Å². The number of rotatable bonds is 5. The third-order valence-electron chi connectivity index (χ3n) is 3.45. The Morgan fingerprint density at radius 3 is 2.48 bits per heavy atom. The molecule has 21 heavy (non-hydrogen) atoms. The average Bonchev–Trinajstić information content (AvgIpc) is 2.48. The second-order valence-electron chi connectivity index (χ2n) is 5.12. The van der Waals surface area contributed by atoms with Gasteiger partial charge in [0.25, 0.3) is 0 Å². The number of hydrogen-bond acceptors (Lipinski definition) is 3. The van der Waals surface area contributed by atoms with E-state index in [2.05, 4.69) is 0 Å². The summed E-state index contributed by atoms with van der Waals surface area (Å²) < 4.78 is 0. The first-order valence-corrected chi connectivity index (χ1v) is 6.91. The van der Waals surface area contributed by atoms with Gasteiger partial charge in [-0.2, -0.15) is 0 Å². The zero-order valence-corrected chi connectivity index (χ0v) is 12.1. The molecule has 0 aliphatic rings. The number of nitrogens with two attached hydrogens (primary N) is 1. The largest absolute Gasteiger partial charge is 0.508 e. The van der Waals surface area contributed by atoms with Crippen LogP contribution in [0.25, 0.3) is 0 Å². The van der Waals surface area contributed by atoms with Crippen LogP contribution in [0.5, 0.6) is 5.75 Å². The minimum atomic E-state index is 0.0753. The van der Waals surface area contributed by atoms with E-state index in [4.69, 9.17) is 5.73 Å². The summed E-state index contributed by atoms with van der Waals surface area (Å²) in [6, 6.07) is 14.5. The van der Waals surface area contributed by atoms with Crippen LogP contribution in [0.3, 0.4) is 0 Å². The highest BCUT2D eigenvalue weighted by molar-refractivity contribution is 5.76. The van der Waals surface area contributed by atoms with Gasteiger partial charge in [-0.3, -0.25) is 4.79 Å². The number of amides is 1. The quantitative estimate of drug-likeness (QED) is 0.829. The third-order valence-corrected chi connectivity index (χ3v) is 3.45. The van der Waals surface area contributed by atoms with Gasteiger partial charge in [0.2, 0.25) is 5.91 Å². The van der Waals surface area contributed by atoms with Crippen molar-refractivity contribution in [2.24, 2.45) is 0 Å². The van der Waals surface area contributed by atoms with Crippen LogP contribution in [0.15, 0.2) is 48.5 Å². The minimum absolute atomic E-state index is 0.0753. The Morgan fingerprint density at radius 2 is 1.81 bits per heavy atom. The first-order chi connectivity index (χ1) is 10.1. The lowest BCUT2D eigenvalue weighted by atomic mass is 10.1. The van der Waals surface area contributed by atoms with E-state index in [1.54, 1.807) is 24.1 Å². The first kappa shape index (κ1) is 14.9. The van der Waals surface area contributed by atoms with Crippen LogP contribution in [0, 0.1) is 0 Å². The van der Waals surface area contributed by atoms with Crippen molar-refractivity contribution in [2.75, 3.05) is 12.8 Å². The number of nitrogens with zero attached hydrogens (tertiary/aromatic N) is 1. The van der Waals surface area contributed by atoms with Gasteiger partial charge in [-0.1, -0.05) is 30.3 Å². The second-order valence-corrected chi connectivity index (χ2v) is 5.12. The Bertz CT molecular complexity index is 608. The number of phenols is 1. The molecule has 2 aromatic carbocycles. The van der Waals surface area contributed by atoms with Crippen LogP contribution in [-0.4, -0.2) is 23.0 Å². The molecule has 0 unspecified atom stereocenters. The molecule has 3 N–H and O–H groups in total. The topological polar surface area (TPSA) is 66.6 Å². The molecule has 4 heteroatoms. The smallest absolute Gasteiger partial charge is 0.222 e. The van der Waals surface area contributed by atoms with Crippen LogP contribution in [0.1, 0.15) is 17.5 Å². The number of benzene rings is 2. The fourth-order valence-electron chi connectivity index (χ4n) is 2.16. The van der Waals surface area contributed by atoms with E-state index in [1.807, 2.05) is 36.4 Å².